The second-order valence-corrected chi connectivity index (χ2v) is 4.34. The molecule has 0 aliphatic rings. The Morgan fingerprint density at radius 1 is 1.53 bits per heavy atom. The Labute approximate surface area is 101 Å². The van der Waals surface area contributed by atoms with Crippen LogP contribution in [0.25, 0.3) is 0 Å². The van der Waals surface area contributed by atoms with E-state index in [1.165, 1.54) is 17.8 Å². The number of aryl methyl sites for hydroxylation is 1. The van der Waals surface area contributed by atoms with Gasteiger partial charge in [0.15, 0.2) is 0 Å². The van der Waals surface area contributed by atoms with Gasteiger partial charge in [0.2, 0.25) is 5.16 Å². The van der Waals surface area contributed by atoms with Crippen LogP contribution >= 0.6 is 11.8 Å². The highest BCUT2D eigenvalue weighted by Crippen LogP contribution is 2.31. The maximum Gasteiger partial charge on any atom is 0.337 e. The molecule has 88 valence electrons. The fraction of sp³-hybridized carbons (Fsp3) is 0.100. The smallest absolute Gasteiger partial charge is 0.337 e. The van der Waals surface area contributed by atoms with Gasteiger partial charge in [-0.3, -0.25) is 5.10 Å². The van der Waals surface area contributed by atoms with Gasteiger partial charge < -0.3 is 10.8 Å². The number of hydrogen-bond donors (Lipinski definition) is 3. The monoisotopic (exact) mass is 250 g/mol. The third kappa shape index (κ3) is 2.39. The number of aromatic carboxylic acids is 1. The average Bonchev–Trinajstić information content (AvgIpc) is 2.67. The fourth-order valence-electron chi connectivity index (χ4n) is 1.29. The number of carboxylic acids is 1. The molecule has 0 aliphatic heterocycles. The summed E-state index contributed by atoms with van der Waals surface area (Å²) in [6.45, 7) is 1.79. The predicted molar refractivity (Wildman–Crippen MR) is 63.1 cm³/mol. The van der Waals surface area contributed by atoms with E-state index in [1.807, 2.05) is 0 Å². The fourth-order valence-corrected chi connectivity index (χ4v) is 2.12. The van der Waals surface area contributed by atoms with Gasteiger partial charge in [-0.25, -0.2) is 9.78 Å². The number of carboxylic acid groups (broad SMARTS) is 1. The van der Waals surface area contributed by atoms with Crippen molar-refractivity contribution in [2.45, 2.75) is 17.0 Å². The van der Waals surface area contributed by atoms with Crippen LogP contribution in [0.4, 0.5) is 5.69 Å². The molecule has 1 aromatic heterocycles. The lowest BCUT2D eigenvalue weighted by molar-refractivity contribution is 0.0698. The highest BCUT2D eigenvalue weighted by atomic mass is 32.2. The van der Waals surface area contributed by atoms with E-state index in [9.17, 15) is 4.79 Å². The van der Waals surface area contributed by atoms with Gasteiger partial charge >= 0.3 is 5.97 Å². The molecule has 0 saturated carbocycles. The Morgan fingerprint density at radius 2 is 2.29 bits per heavy atom. The van der Waals surface area contributed by atoms with Crippen LogP contribution in [0.3, 0.4) is 0 Å². The minimum Gasteiger partial charge on any atom is -0.478 e. The topological polar surface area (TPSA) is 105 Å². The summed E-state index contributed by atoms with van der Waals surface area (Å²) in [5.41, 5.74) is 6.09. The Balaban J connectivity index is 2.33. The second-order valence-electron chi connectivity index (χ2n) is 3.33. The van der Waals surface area contributed by atoms with Crippen molar-refractivity contribution in [2.24, 2.45) is 0 Å². The zero-order valence-corrected chi connectivity index (χ0v) is 9.78. The molecule has 0 spiro atoms. The summed E-state index contributed by atoms with van der Waals surface area (Å²) in [7, 11) is 0. The van der Waals surface area contributed by atoms with Gasteiger partial charge in [0.05, 0.1) is 11.3 Å². The van der Waals surface area contributed by atoms with Gasteiger partial charge in [-0.15, -0.1) is 5.10 Å². The Bertz CT molecular complexity index is 567. The first-order valence-electron chi connectivity index (χ1n) is 4.76. The summed E-state index contributed by atoms with van der Waals surface area (Å²) in [5, 5.41) is 16.1. The number of aromatic nitrogens is 3. The molecule has 0 aliphatic carbocycles. The van der Waals surface area contributed by atoms with Gasteiger partial charge in [0.25, 0.3) is 0 Å². The molecule has 0 unspecified atom stereocenters. The number of nitrogen functional groups attached to an aromatic ring is 1. The van der Waals surface area contributed by atoms with Crippen molar-refractivity contribution in [3.8, 4) is 0 Å². The lowest BCUT2D eigenvalue weighted by Gasteiger charge is -2.05. The van der Waals surface area contributed by atoms with Crippen molar-refractivity contribution in [3.05, 3.63) is 29.6 Å². The number of hydrogen-bond acceptors (Lipinski definition) is 5. The number of benzene rings is 1. The maximum absolute atomic E-state index is 10.9. The number of nitrogens with zero attached hydrogens (tertiary/aromatic N) is 2. The molecule has 0 bridgehead atoms. The summed E-state index contributed by atoms with van der Waals surface area (Å²) in [6.07, 6.45) is 0. The van der Waals surface area contributed by atoms with Crippen molar-refractivity contribution in [1.82, 2.24) is 15.2 Å². The number of nitrogens with two attached hydrogens (primary N) is 1. The molecule has 0 amide bonds. The third-order valence-electron chi connectivity index (χ3n) is 2.07. The molecule has 2 rings (SSSR count). The van der Waals surface area contributed by atoms with Gasteiger partial charge in [0, 0.05) is 4.90 Å². The SMILES string of the molecule is Cc1nc(Sc2cccc(C(=O)O)c2N)n[nH]1. The first-order chi connectivity index (χ1) is 8.08. The van der Waals surface area contributed by atoms with E-state index >= 15 is 0 Å². The van der Waals surface area contributed by atoms with Crippen LogP contribution in [0.15, 0.2) is 28.3 Å². The molecule has 7 heteroatoms. The standard InChI is InChI=1S/C10H10N4O2S/c1-5-12-10(14-13-5)17-7-4-2-3-6(8(7)11)9(15)16/h2-4H,11H2,1H3,(H,15,16)(H,12,13,14). The minimum atomic E-state index is -1.05. The number of H-pyrrole nitrogens is 1. The summed E-state index contributed by atoms with van der Waals surface area (Å²) in [4.78, 5) is 15.6. The predicted octanol–water partition coefficient (Wildman–Crippen LogP) is 1.54. The molecule has 1 aromatic carbocycles. The molecule has 0 atom stereocenters. The van der Waals surface area contributed by atoms with E-state index in [4.69, 9.17) is 10.8 Å². The van der Waals surface area contributed by atoms with E-state index < -0.39 is 5.97 Å². The zero-order valence-electron chi connectivity index (χ0n) is 8.97. The molecule has 4 N–H and O–H groups in total. The van der Waals surface area contributed by atoms with Crippen molar-refractivity contribution in [2.75, 3.05) is 5.73 Å². The quantitative estimate of drug-likeness (QED) is 0.714. The van der Waals surface area contributed by atoms with Crippen LogP contribution in [0.2, 0.25) is 0 Å². The van der Waals surface area contributed by atoms with Crippen molar-refractivity contribution < 1.29 is 9.90 Å². The van der Waals surface area contributed by atoms with Crippen LogP contribution in [-0.4, -0.2) is 26.3 Å². The van der Waals surface area contributed by atoms with Crippen LogP contribution in [0.1, 0.15) is 16.2 Å². The summed E-state index contributed by atoms with van der Waals surface area (Å²) < 4.78 is 0. The highest BCUT2D eigenvalue weighted by Gasteiger charge is 2.13. The van der Waals surface area contributed by atoms with Gasteiger partial charge in [-0.2, -0.15) is 0 Å². The van der Waals surface area contributed by atoms with E-state index in [0.29, 0.717) is 15.9 Å². The summed E-state index contributed by atoms with van der Waals surface area (Å²) in [5.74, 6) is -0.350. The highest BCUT2D eigenvalue weighted by molar-refractivity contribution is 7.99. The first kappa shape index (κ1) is 11.5. The van der Waals surface area contributed by atoms with Crippen molar-refractivity contribution in [1.29, 1.82) is 0 Å². The van der Waals surface area contributed by atoms with Gasteiger partial charge in [0.1, 0.15) is 5.82 Å². The third-order valence-corrected chi connectivity index (χ3v) is 3.02. The number of aromatic amines is 1. The van der Waals surface area contributed by atoms with Crippen molar-refractivity contribution >= 4 is 23.4 Å². The summed E-state index contributed by atoms with van der Waals surface area (Å²) in [6, 6.07) is 4.84. The molecule has 1 heterocycles. The molecule has 0 fully saturated rings. The Hall–Kier alpha value is -2.02. The number of para-hydroxylation sites is 1. The molecule has 2 aromatic rings. The normalized spacial score (nSPS) is 10.4. The number of nitrogens with one attached hydrogen (secondary N) is 1. The molecular weight excluding hydrogens is 240 g/mol. The van der Waals surface area contributed by atoms with E-state index in [2.05, 4.69) is 15.2 Å². The Kier molecular flexibility index (Phi) is 3.01. The van der Waals surface area contributed by atoms with Crippen LogP contribution < -0.4 is 5.73 Å². The second kappa shape index (κ2) is 4.46. The number of anilines is 1. The van der Waals surface area contributed by atoms with Crippen LogP contribution in [-0.2, 0) is 0 Å². The molecule has 0 radical (unpaired) electrons. The van der Waals surface area contributed by atoms with Crippen LogP contribution in [0.5, 0.6) is 0 Å². The molecule has 0 saturated heterocycles. The maximum atomic E-state index is 10.9. The number of carbonyl (C=O) groups is 1. The minimum absolute atomic E-state index is 0.0854. The zero-order chi connectivity index (χ0) is 12.4. The number of rotatable bonds is 3. The largest absolute Gasteiger partial charge is 0.478 e. The van der Waals surface area contributed by atoms with Crippen molar-refractivity contribution in [3.63, 3.8) is 0 Å². The average molecular weight is 250 g/mol. The molecular formula is C10H10N4O2S. The van der Waals surface area contributed by atoms with E-state index in [-0.39, 0.29) is 11.3 Å². The van der Waals surface area contributed by atoms with E-state index in [1.54, 1.807) is 19.1 Å². The Morgan fingerprint density at radius 3 is 2.88 bits per heavy atom. The van der Waals surface area contributed by atoms with Gasteiger partial charge in [-0.1, -0.05) is 6.07 Å². The van der Waals surface area contributed by atoms with E-state index in [0.717, 1.165) is 0 Å². The lowest BCUT2D eigenvalue weighted by Crippen LogP contribution is -2.03. The molecule has 17 heavy (non-hydrogen) atoms. The molecule has 6 nitrogen and oxygen atoms in total. The summed E-state index contributed by atoms with van der Waals surface area (Å²) >= 11 is 1.22. The van der Waals surface area contributed by atoms with Gasteiger partial charge in [-0.05, 0) is 30.8 Å². The lowest BCUT2D eigenvalue weighted by atomic mass is 10.2. The van der Waals surface area contributed by atoms with Crippen LogP contribution in [0, 0.1) is 6.92 Å². The first-order valence-corrected chi connectivity index (χ1v) is 5.58.